The lowest BCUT2D eigenvalue weighted by molar-refractivity contribution is 0.894. The number of benzene rings is 1. The Labute approximate surface area is 109 Å². The second kappa shape index (κ2) is 5.65. The Kier molecular flexibility index (Phi) is 4.75. The van der Waals surface area contributed by atoms with Gasteiger partial charge in [-0.1, -0.05) is 76.4 Å². The quantitative estimate of drug-likeness (QED) is 0.572. The van der Waals surface area contributed by atoms with E-state index in [1.807, 2.05) is 12.1 Å². The normalized spacial score (nSPS) is 10.9. The smallest absolute Gasteiger partial charge is 0.0256 e. The van der Waals surface area contributed by atoms with Gasteiger partial charge in [-0.15, -0.1) is 0 Å². The van der Waals surface area contributed by atoms with Crippen LogP contribution in [0, 0.1) is 11.8 Å². The van der Waals surface area contributed by atoms with E-state index in [1.54, 1.807) is 0 Å². The maximum absolute atomic E-state index is 5.48. The van der Waals surface area contributed by atoms with Crippen LogP contribution in [0.4, 0.5) is 0 Å². The van der Waals surface area contributed by atoms with E-state index in [1.165, 1.54) is 0 Å². The third kappa shape index (κ3) is 2.96. The molecule has 1 aromatic rings. The molecule has 1 rings (SSSR count). The number of hydrogen-bond donors (Lipinski definition) is 0. The Morgan fingerprint density at radius 1 is 0.812 bits per heavy atom. The maximum Gasteiger partial charge on any atom is 0.0256 e. The van der Waals surface area contributed by atoms with Crippen molar-refractivity contribution in [2.45, 2.75) is 27.7 Å². The fraction of sp³-hybridized carbons (Fsp3) is 0.429. The van der Waals surface area contributed by atoms with E-state index in [9.17, 15) is 0 Å². The predicted molar refractivity (Wildman–Crippen MR) is 79.5 cm³/mol. The fourth-order valence-corrected chi connectivity index (χ4v) is 1.89. The summed E-state index contributed by atoms with van der Waals surface area (Å²) in [5, 5.41) is 0. The monoisotopic (exact) mass is 250 g/mol. The first-order chi connectivity index (χ1) is 7.45. The van der Waals surface area contributed by atoms with E-state index in [0.717, 1.165) is 20.9 Å². The molecule has 0 spiro atoms. The summed E-state index contributed by atoms with van der Waals surface area (Å²) >= 11 is 11.0. The Hall–Kier alpha value is -0.600. The molecule has 0 heterocycles. The third-order valence-corrected chi connectivity index (χ3v) is 3.89. The molecule has 0 nitrogen and oxygen atoms in total. The number of hydrogen-bond acceptors (Lipinski definition) is 2. The Balaban J connectivity index is 3.20. The van der Waals surface area contributed by atoms with Gasteiger partial charge >= 0.3 is 0 Å². The molecule has 0 bridgehead atoms. The topological polar surface area (TPSA) is 0 Å². The summed E-state index contributed by atoms with van der Waals surface area (Å²) in [4.78, 5) is 2.00. The first-order valence-corrected chi connectivity index (χ1v) is 6.44. The molecule has 1 aromatic carbocycles. The average Bonchev–Trinajstić information content (AvgIpc) is 2.26. The molecule has 16 heavy (non-hydrogen) atoms. The van der Waals surface area contributed by atoms with Gasteiger partial charge in [0.25, 0.3) is 0 Å². The van der Waals surface area contributed by atoms with Crippen LogP contribution in [0.3, 0.4) is 0 Å². The first-order valence-electron chi connectivity index (χ1n) is 5.62. The van der Waals surface area contributed by atoms with E-state index in [-0.39, 0.29) is 0 Å². The molecule has 86 valence electrons. The molecule has 0 N–H and O–H groups in total. The Bertz CT molecular complexity index is 364. The van der Waals surface area contributed by atoms with Gasteiger partial charge in [0.1, 0.15) is 0 Å². The van der Waals surface area contributed by atoms with Gasteiger partial charge in [0.15, 0.2) is 0 Å². The van der Waals surface area contributed by atoms with Gasteiger partial charge in [0.05, 0.1) is 0 Å². The second-order valence-electron chi connectivity index (χ2n) is 4.58. The minimum Gasteiger partial charge on any atom is -0.0840 e. The van der Waals surface area contributed by atoms with Crippen LogP contribution in [-0.2, 0) is 0 Å². The van der Waals surface area contributed by atoms with Gasteiger partial charge in [0.2, 0.25) is 0 Å². The summed E-state index contributed by atoms with van der Waals surface area (Å²) in [6, 6.07) is 8.20. The molecule has 0 aromatic heterocycles. The highest BCUT2D eigenvalue weighted by molar-refractivity contribution is 7.81. The lowest BCUT2D eigenvalue weighted by Gasteiger charge is -2.15. The lowest BCUT2D eigenvalue weighted by atomic mass is 9.92. The van der Waals surface area contributed by atoms with Crippen LogP contribution < -0.4 is 0 Å². The minimum absolute atomic E-state index is 0.381. The highest BCUT2D eigenvalue weighted by Crippen LogP contribution is 2.19. The van der Waals surface area contributed by atoms with Crippen molar-refractivity contribution in [2.75, 3.05) is 0 Å². The van der Waals surface area contributed by atoms with Crippen LogP contribution in [0.5, 0.6) is 0 Å². The van der Waals surface area contributed by atoms with Crippen molar-refractivity contribution in [3.8, 4) is 0 Å². The van der Waals surface area contributed by atoms with Gasteiger partial charge in [0, 0.05) is 9.73 Å². The molecule has 0 saturated carbocycles. The highest BCUT2D eigenvalue weighted by atomic mass is 32.1. The maximum atomic E-state index is 5.48. The molecule has 0 atom stereocenters. The number of thiocarbonyl (C=S) groups is 2. The van der Waals surface area contributed by atoms with Gasteiger partial charge < -0.3 is 0 Å². The zero-order chi connectivity index (χ0) is 12.3. The molecular weight excluding hydrogens is 232 g/mol. The summed E-state index contributed by atoms with van der Waals surface area (Å²) in [6.07, 6.45) is 0. The Morgan fingerprint density at radius 3 is 1.38 bits per heavy atom. The van der Waals surface area contributed by atoms with Crippen molar-refractivity contribution in [3.63, 3.8) is 0 Å². The molecule has 0 aliphatic heterocycles. The Morgan fingerprint density at radius 2 is 1.12 bits per heavy atom. The van der Waals surface area contributed by atoms with Gasteiger partial charge in [-0.2, -0.15) is 0 Å². The van der Waals surface area contributed by atoms with E-state index in [0.29, 0.717) is 11.8 Å². The van der Waals surface area contributed by atoms with E-state index in [2.05, 4.69) is 39.8 Å². The van der Waals surface area contributed by atoms with Crippen molar-refractivity contribution in [3.05, 3.63) is 35.4 Å². The molecule has 0 aliphatic carbocycles. The summed E-state index contributed by atoms with van der Waals surface area (Å²) in [5.74, 6) is 0.761. The fourth-order valence-electron chi connectivity index (χ4n) is 1.53. The van der Waals surface area contributed by atoms with Gasteiger partial charge in [-0.3, -0.25) is 0 Å². The van der Waals surface area contributed by atoms with Crippen LogP contribution in [0.25, 0.3) is 0 Å². The molecule has 0 saturated heterocycles. The van der Waals surface area contributed by atoms with Crippen molar-refractivity contribution in [1.29, 1.82) is 0 Å². The number of rotatable bonds is 4. The second-order valence-corrected chi connectivity index (χ2v) is 5.46. The van der Waals surface area contributed by atoms with Crippen molar-refractivity contribution >= 4 is 34.2 Å². The molecular formula is C14H18S2. The standard InChI is InChI=1S/C14H18S2/c1-9(2)13(15)11-7-5-6-8-12(11)14(16)10(3)4/h5-10H,1-4H3. The molecule has 2 heteroatoms. The summed E-state index contributed by atoms with van der Waals surface area (Å²) in [7, 11) is 0. The third-order valence-electron chi connectivity index (χ3n) is 2.51. The zero-order valence-electron chi connectivity index (χ0n) is 10.3. The lowest BCUT2D eigenvalue weighted by Crippen LogP contribution is -2.15. The van der Waals surface area contributed by atoms with Crippen LogP contribution in [-0.4, -0.2) is 9.73 Å². The highest BCUT2D eigenvalue weighted by Gasteiger charge is 2.14. The summed E-state index contributed by atoms with van der Waals surface area (Å²) in [6.45, 7) is 8.49. The summed E-state index contributed by atoms with van der Waals surface area (Å²) < 4.78 is 0. The van der Waals surface area contributed by atoms with Crippen molar-refractivity contribution < 1.29 is 0 Å². The zero-order valence-corrected chi connectivity index (χ0v) is 11.9. The molecule has 0 fully saturated rings. The minimum atomic E-state index is 0.381. The molecule has 0 radical (unpaired) electrons. The molecule has 0 amide bonds. The van der Waals surface area contributed by atoms with Gasteiger partial charge in [-0.05, 0) is 23.0 Å². The first kappa shape index (κ1) is 13.5. The van der Waals surface area contributed by atoms with Crippen LogP contribution in [0.2, 0.25) is 0 Å². The predicted octanol–water partition coefficient (Wildman–Crippen LogP) is 4.43. The molecule has 0 aliphatic rings. The van der Waals surface area contributed by atoms with E-state index >= 15 is 0 Å². The van der Waals surface area contributed by atoms with Crippen LogP contribution in [0.1, 0.15) is 38.8 Å². The average molecular weight is 250 g/mol. The van der Waals surface area contributed by atoms with Crippen molar-refractivity contribution in [2.24, 2.45) is 11.8 Å². The van der Waals surface area contributed by atoms with E-state index in [4.69, 9.17) is 24.4 Å². The molecule has 0 unspecified atom stereocenters. The summed E-state index contributed by atoms with van der Waals surface area (Å²) in [5.41, 5.74) is 2.26. The SMILES string of the molecule is CC(C)C(=S)c1ccccc1C(=S)C(C)C. The van der Waals surface area contributed by atoms with Crippen LogP contribution >= 0.6 is 24.4 Å². The van der Waals surface area contributed by atoms with Crippen molar-refractivity contribution in [1.82, 2.24) is 0 Å². The largest absolute Gasteiger partial charge is 0.0840 e. The van der Waals surface area contributed by atoms with E-state index < -0.39 is 0 Å². The van der Waals surface area contributed by atoms with Crippen LogP contribution in [0.15, 0.2) is 24.3 Å². The van der Waals surface area contributed by atoms with Gasteiger partial charge in [-0.25, -0.2) is 0 Å².